The van der Waals surface area contributed by atoms with Crippen LogP contribution in [0.4, 0.5) is 0 Å². The fourth-order valence-electron chi connectivity index (χ4n) is 1.26. The number of Topliss-reactive ketones (excluding diaryl/α,β-unsaturated/α-hetero) is 1. The van der Waals surface area contributed by atoms with Crippen molar-refractivity contribution in [1.29, 1.82) is 0 Å². The molecule has 0 aliphatic heterocycles. The van der Waals surface area contributed by atoms with Crippen molar-refractivity contribution in [2.75, 3.05) is 6.54 Å². The number of nitrogens with two attached hydrogens (primary N) is 2. The minimum absolute atomic E-state index is 0.262. The van der Waals surface area contributed by atoms with Crippen LogP contribution in [0, 0.1) is 5.92 Å². The highest BCUT2D eigenvalue weighted by Gasteiger charge is 2.21. The molecule has 0 saturated carbocycles. The summed E-state index contributed by atoms with van der Waals surface area (Å²) in [6.45, 7) is 2.46. The molecule has 4 heteroatoms. The van der Waals surface area contributed by atoms with E-state index in [1.54, 1.807) is 0 Å². The molecule has 0 rings (SSSR count). The van der Waals surface area contributed by atoms with Crippen molar-refractivity contribution in [1.82, 2.24) is 0 Å². The zero-order chi connectivity index (χ0) is 10.3. The van der Waals surface area contributed by atoms with Crippen molar-refractivity contribution in [3.63, 3.8) is 0 Å². The highest BCUT2D eigenvalue weighted by molar-refractivity contribution is 6.36. The van der Waals surface area contributed by atoms with Gasteiger partial charge in [0.05, 0.1) is 0 Å². The quantitative estimate of drug-likeness (QED) is 0.557. The first-order chi connectivity index (χ1) is 6.13. The Labute approximate surface area is 78.7 Å². The van der Waals surface area contributed by atoms with Crippen LogP contribution in [0.3, 0.4) is 0 Å². The Morgan fingerprint density at radius 2 is 1.92 bits per heavy atom. The Bertz CT molecular complexity index is 180. The maximum atomic E-state index is 11.2. The first-order valence-electron chi connectivity index (χ1n) is 4.67. The lowest BCUT2D eigenvalue weighted by atomic mass is 9.94. The summed E-state index contributed by atoms with van der Waals surface area (Å²) in [5.41, 5.74) is 10.2. The molecule has 13 heavy (non-hydrogen) atoms. The van der Waals surface area contributed by atoms with Gasteiger partial charge in [-0.3, -0.25) is 9.59 Å². The normalized spacial score (nSPS) is 12.5. The van der Waals surface area contributed by atoms with Crippen LogP contribution in [0.5, 0.6) is 0 Å². The van der Waals surface area contributed by atoms with Crippen molar-refractivity contribution < 1.29 is 9.59 Å². The molecule has 1 unspecified atom stereocenters. The second kappa shape index (κ2) is 6.60. The Morgan fingerprint density at radius 3 is 2.31 bits per heavy atom. The molecule has 0 saturated heterocycles. The van der Waals surface area contributed by atoms with E-state index in [0.717, 1.165) is 19.3 Å². The third kappa shape index (κ3) is 4.62. The Hall–Kier alpha value is -0.900. The molecule has 0 radical (unpaired) electrons. The van der Waals surface area contributed by atoms with Gasteiger partial charge in [0, 0.05) is 5.92 Å². The van der Waals surface area contributed by atoms with Crippen LogP contribution < -0.4 is 11.5 Å². The Balaban J connectivity index is 4.06. The van der Waals surface area contributed by atoms with Crippen molar-refractivity contribution in [2.24, 2.45) is 17.4 Å². The fraction of sp³-hybridized carbons (Fsp3) is 0.778. The second-order valence-corrected chi connectivity index (χ2v) is 3.15. The van der Waals surface area contributed by atoms with Crippen molar-refractivity contribution >= 4 is 11.7 Å². The lowest BCUT2D eigenvalue weighted by Gasteiger charge is -2.11. The lowest BCUT2D eigenvalue weighted by molar-refractivity contribution is -0.138. The summed E-state index contributed by atoms with van der Waals surface area (Å²) in [6, 6.07) is 0. The summed E-state index contributed by atoms with van der Waals surface area (Å²) < 4.78 is 0. The van der Waals surface area contributed by atoms with E-state index in [9.17, 15) is 9.59 Å². The Morgan fingerprint density at radius 1 is 1.31 bits per heavy atom. The van der Waals surface area contributed by atoms with Crippen LogP contribution in [0.15, 0.2) is 0 Å². The summed E-state index contributed by atoms with van der Waals surface area (Å²) in [6.07, 6.45) is 3.22. The number of rotatable bonds is 7. The molecule has 4 nitrogen and oxygen atoms in total. The molecule has 0 bridgehead atoms. The molecule has 1 amide bonds. The summed E-state index contributed by atoms with van der Waals surface area (Å²) in [5.74, 6) is -1.57. The highest BCUT2D eigenvalue weighted by Crippen LogP contribution is 2.13. The van der Waals surface area contributed by atoms with Gasteiger partial charge >= 0.3 is 0 Å². The van der Waals surface area contributed by atoms with Gasteiger partial charge in [-0.2, -0.15) is 0 Å². The van der Waals surface area contributed by atoms with E-state index in [-0.39, 0.29) is 5.92 Å². The average molecular weight is 186 g/mol. The van der Waals surface area contributed by atoms with Gasteiger partial charge in [0.1, 0.15) is 0 Å². The Kier molecular flexibility index (Phi) is 6.14. The summed E-state index contributed by atoms with van der Waals surface area (Å²) in [7, 11) is 0. The zero-order valence-electron chi connectivity index (χ0n) is 8.08. The van der Waals surface area contributed by atoms with Gasteiger partial charge in [0.15, 0.2) is 0 Å². The highest BCUT2D eigenvalue weighted by atomic mass is 16.2. The number of hydrogen-bond acceptors (Lipinski definition) is 3. The molecule has 0 aromatic carbocycles. The molecule has 0 aromatic rings. The zero-order valence-corrected chi connectivity index (χ0v) is 8.08. The van der Waals surface area contributed by atoms with Crippen molar-refractivity contribution in [2.45, 2.75) is 32.6 Å². The molecule has 0 aromatic heterocycles. The molecule has 0 fully saturated rings. The van der Waals surface area contributed by atoms with Crippen LogP contribution >= 0.6 is 0 Å². The van der Waals surface area contributed by atoms with Crippen molar-refractivity contribution in [3.8, 4) is 0 Å². The van der Waals surface area contributed by atoms with E-state index in [1.165, 1.54) is 0 Å². The largest absolute Gasteiger partial charge is 0.363 e. The summed E-state index contributed by atoms with van der Waals surface area (Å²) >= 11 is 0. The monoisotopic (exact) mass is 186 g/mol. The first-order valence-corrected chi connectivity index (χ1v) is 4.67. The smallest absolute Gasteiger partial charge is 0.285 e. The number of carbonyl (C=O) groups is 2. The summed E-state index contributed by atoms with van der Waals surface area (Å²) in [4.78, 5) is 21.8. The van der Waals surface area contributed by atoms with Crippen molar-refractivity contribution in [3.05, 3.63) is 0 Å². The predicted molar refractivity (Wildman–Crippen MR) is 50.9 cm³/mol. The minimum Gasteiger partial charge on any atom is -0.363 e. The second-order valence-electron chi connectivity index (χ2n) is 3.15. The van der Waals surface area contributed by atoms with E-state index in [1.807, 2.05) is 6.92 Å². The number of carbonyl (C=O) groups excluding carboxylic acids is 2. The van der Waals surface area contributed by atoms with Crippen LogP contribution in [-0.2, 0) is 9.59 Å². The van der Waals surface area contributed by atoms with Gasteiger partial charge in [-0.25, -0.2) is 0 Å². The third-order valence-electron chi connectivity index (χ3n) is 2.03. The predicted octanol–water partition coefficient (Wildman–Crippen LogP) is 0.196. The molecule has 0 aliphatic carbocycles. The molecule has 0 spiro atoms. The number of primary amides is 1. The third-order valence-corrected chi connectivity index (χ3v) is 2.03. The number of hydrogen-bond donors (Lipinski definition) is 2. The van der Waals surface area contributed by atoms with Crippen LogP contribution in [-0.4, -0.2) is 18.2 Å². The van der Waals surface area contributed by atoms with Crippen LogP contribution in [0.1, 0.15) is 32.6 Å². The van der Waals surface area contributed by atoms with Crippen LogP contribution in [0.2, 0.25) is 0 Å². The van der Waals surface area contributed by atoms with Gasteiger partial charge < -0.3 is 11.5 Å². The van der Waals surface area contributed by atoms with E-state index in [4.69, 9.17) is 11.5 Å². The maximum absolute atomic E-state index is 11.2. The van der Waals surface area contributed by atoms with Gasteiger partial charge in [-0.05, 0) is 19.4 Å². The molecular formula is C9H18N2O2. The fourth-order valence-corrected chi connectivity index (χ4v) is 1.26. The molecule has 0 aliphatic rings. The average Bonchev–Trinajstić information content (AvgIpc) is 2.11. The minimum atomic E-state index is -0.838. The number of amides is 1. The van der Waals surface area contributed by atoms with Crippen LogP contribution in [0.25, 0.3) is 0 Å². The standard InChI is InChI=1S/C9H18N2O2/c1-2-3-4-7(5-6-10)8(12)9(11)13/h7H,2-6,10H2,1H3,(H2,11,13). The maximum Gasteiger partial charge on any atom is 0.285 e. The van der Waals surface area contributed by atoms with E-state index in [0.29, 0.717) is 13.0 Å². The summed E-state index contributed by atoms with van der Waals surface area (Å²) in [5, 5.41) is 0. The van der Waals surface area contributed by atoms with E-state index >= 15 is 0 Å². The van der Waals surface area contributed by atoms with E-state index < -0.39 is 11.7 Å². The lowest BCUT2D eigenvalue weighted by Crippen LogP contribution is -2.31. The number of ketones is 1. The van der Waals surface area contributed by atoms with Gasteiger partial charge in [-0.1, -0.05) is 19.8 Å². The molecule has 76 valence electrons. The first kappa shape index (κ1) is 12.1. The molecular weight excluding hydrogens is 168 g/mol. The van der Waals surface area contributed by atoms with Gasteiger partial charge in [0.2, 0.25) is 5.78 Å². The van der Waals surface area contributed by atoms with Gasteiger partial charge in [0.25, 0.3) is 5.91 Å². The molecule has 4 N–H and O–H groups in total. The topological polar surface area (TPSA) is 86.2 Å². The number of unbranched alkanes of at least 4 members (excludes halogenated alkanes) is 1. The SMILES string of the molecule is CCCCC(CCN)C(=O)C(N)=O. The van der Waals surface area contributed by atoms with Gasteiger partial charge in [-0.15, -0.1) is 0 Å². The molecule has 0 heterocycles. The van der Waals surface area contributed by atoms with E-state index in [2.05, 4.69) is 0 Å². The molecule has 1 atom stereocenters.